The number of hydrogen-bond donors (Lipinski definition) is 1. The van der Waals surface area contributed by atoms with Gasteiger partial charge in [-0.05, 0) is 55.7 Å². The molecule has 0 spiro atoms. The van der Waals surface area contributed by atoms with Crippen LogP contribution in [0.5, 0.6) is 0 Å². The third-order valence-corrected chi connectivity index (χ3v) is 6.61. The van der Waals surface area contributed by atoms with Gasteiger partial charge in [0.15, 0.2) is 0 Å². The zero-order valence-electron chi connectivity index (χ0n) is 17.5. The second kappa shape index (κ2) is 11.5. The average Bonchev–Trinajstić information content (AvgIpc) is 3.19. The fourth-order valence-corrected chi connectivity index (χ4v) is 4.17. The van der Waals surface area contributed by atoms with E-state index in [0.717, 1.165) is 24.4 Å². The molecule has 0 saturated heterocycles. The van der Waals surface area contributed by atoms with Gasteiger partial charge in [-0.2, -0.15) is 0 Å². The Labute approximate surface area is 199 Å². The molecule has 32 heavy (non-hydrogen) atoms. The minimum absolute atomic E-state index is 0.190. The number of imidazole rings is 1. The number of carbonyl (C=O) groups excluding carboxylic acids is 1. The molecule has 1 aromatic heterocycles. The van der Waals surface area contributed by atoms with Gasteiger partial charge < -0.3 is 18.7 Å². The number of rotatable bonds is 10. The first-order valence-electron chi connectivity index (χ1n) is 10.0. The van der Waals surface area contributed by atoms with Gasteiger partial charge in [-0.25, -0.2) is 4.98 Å². The van der Waals surface area contributed by atoms with Crippen molar-refractivity contribution in [1.29, 1.82) is 0 Å². The molecule has 1 atom stereocenters. The maximum Gasteiger partial charge on any atom is 0.251 e. The summed E-state index contributed by atoms with van der Waals surface area (Å²) in [6.45, 7) is 3.42. The van der Waals surface area contributed by atoms with Crippen LogP contribution in [0, 0.1) is 6.92 Å². The summed E-state index contributed by atoms with van der Waals surface area (Å²) in [7, 11) is 0. The molecular weight excluding hydrogens is 471 g/mol. The summed E-state index contributed by atoms with van der Waals surface area (Å²) in [5.74, 6) is 0.726. The van der Waals surface area contributed by atoms with Gasteiger partial charge in [0.25, 0.3) is 5.91 Å². The van der Waals surface area contributed by atoms with Crippen LogP contribution in [-0.4, -0.2) is 37.3 Å². The number of halogens is 2. The lowest BCUT2D eigenvalue weighted by molar-refractivity contribution is 0.0952. The number of anilines is 1. The number of nitrogens with zero attached hydrogens (tertiary/aromatic N) is 3. The maximum absolute atomic E-state index is 12.4. The molecule has 0 fully saturated rings. The first-order chi connectivity index (χ1) is 15.4. The lowest BCUT2D eigenvalue weighted by Crippen LogP contribution is -2.28. The standard InChI is InChI=1S/C22H24Cl2N4O3S/c1-16-25-12-15-27(16)13-3-11-26-22(29)18-6-8-19(9-7-18)28(32(30)31)14-10-17-4-2-5-20(23)21(17)24/h2,4-9,12,15H,3,10-11,13-14H2,1H3,(H,26,29)(H,30,31)/p-1. The van der Waals surface area contributed by atoms with Crippen molar-refractivity contribution in [3.05, 3.63) is 81.9 Å². The Morgan fingerprint density at radius 1 is 1.22 bits per heavy atom. The highest BCUT2D eigenvalue weighted by atomic mass is 35.5. The smallest absolute Gasteiger partial charge is 0.251 e. The van der Waals surface area contributed by atoms with E-state index in [0.29, 0.717) is 34.3 Å². The number of amides is 1. The number of nitrogens with one attached hydrogen (secondary N) is 1. The van der Waals surface area contributed by atoms with E-state index in [1.165, 1.54) is 4.31 Å². The van der Waals surface area contributed by atoms with Crippen LogP contribution in [0.3, 0.4) is 0 Å². The molecule has 0 radical (unpaired) electrons. The molecule has 1 amide bonds. The topological polar surface area (TPSA) is 90.3 Å². The third kappa shape index (κ3) is 6.32. The van der Waals surface area contributed by atoms with Crippen LogP contribution in [0.1, 0.15) is 28.2 Å². The Morgan fingerprint density at radius 3 is 2.62 bits per heavy atom. The van der Waals surface area contributed by atoms with Crippen LogP contribution in [0.15, 0.2) is 54.9 Å². The molecule has 0 aliphatic rings. The molecule has 3 aromatic rings. The zero-order valence-corrected chi connectivity index (χ0v) is 19.8. The van der Waals surface area contributed by atoms with E-state index in [1.807, 2.05) is 23.8 Å². The van der Waals surface area contributed by atoms with Gasteiger partial charge >= 0.3 is 0 Å². The molecule has 2 aromatic carbocycles. The Balaban J connectivity index is 1.55. The Kier molecular flexibility index (Phi) is 8.69. The molecule has 0 aliphatic carbocycles. The summed E-state index contributed by atoms with van der Waals surface area (Å²) >= 11 is 9.74. The van der Waals surface area contributed by atoms with Gasteiger partial charge in [0.2, 0.25) is 0 Å². The van der Waals surface area contributed by atoms with Crippen LogP contribution >= 0.6 is 23.2 Å². The molecule has 1 N–H and O–H groups in total. The number of aromatic nitrogens is 2. The van der Waals surface area contributed by atoms with Crippen LogP contribution in [0.2, 0.25) is 10.0 Å². The third-order valence-electron chi connectivity index (χ3n) is 5.00. The van der Waals surface area contributed by atoms with E-state index in [2.05, 4.69) is 10.3 Å². The normalized spacial score (nSPS) is 11.9. The van der Waals surface area contributed by atoms with Crippen molar-refractivity contribution in [2.24, 2.45) is 0 Å². The second-order valence-electron chi connectivity index (χ2n) is 7.11. The van der Waals surface area contributed by atoms with Crippen LogP contribution < -0.4 is 9.62 Å². The molecule has 170 valence electrons. The Hall–Kier alpha value is -2.39. The van der Waals surface area contributed by atoms with Crippen molar-refractivity contribution >= 4 is 46.1 Å². The highest BCUT2D eigenvalue weighted by molar-refractivity contribution is 7.80. The van der Waals surface area contributed by atoms with Gasteiger partial charge in [-0.1, -0.05) is 35.3 Å². The first-order valence-corrected chi connectivity index (χ1v) is 11.8. The molecule has 0 saturated carbocycles. The van der Waals surface area contributed by atoms with Crippen molar-refractivity contribution in [1.82, 2.24) is 14.9 Å². The van der Waals surface area contributed by atoms with Crippen molar-refractivity contribution in [3.63, 3.8) is 0 Å². The first kappa shape index (κ1) is 24.3. The quantitative estimate of drug-likeness (QED) is 0.339. The summed E-state index contributed by atoms with van der Waals surface area (Å²) in [6.07, 6.45) is 4.82. The minimum Gasteiger partial charge on any atom is -0.755 e. The fourth-order valence-electron chi connectivity index (χ4n) is 3.23. The van der Waals surface area contributed by atoms with E-state index < -0.39 is 11.3 Å². The molecular formula is C22H23Cl2N4O3S-. The predicted molar refractivity (Wildman–Crippen MR) is 127 cm³/mol. The molecule has 0 aliphatic heterocycles. The summed E-state index contributed by atoms with van der Waals surface area (Å²) in [5, 5.41) is 3.72. The van der Waals surface area contributed by atoms with Crippen molar-refractivity contribution in [2.75, 3.05) is 17.4 Å². The molecule has 7 nitrogen and oxygen atoms in total. The summed E-state index contributed by atoms with van der Waals surface area (Å²) < 4.78 is 26.8. The van der Waals surface area contributed by atoms with Crippen LogP contribution in [-0.2, 0) is 24.2 Å². The van der Waals surface area contributed by atoms with E-state index in [-0.39, 0.29) is 12.5 Å². The minimum atomic E-state index is -2.48. The van der Waals surface area contributed by atoms with E-state index >= 15 is 0 Å². The van der Waals surface area contributed by atoms with Crippen molar-refractivity contribution in [3.8, 4) is 0 Å². The average molecular weight is 494 g/mol. The lowest BCUT2D eigenvalue weighted by Gasteiger charge is -2.26. The molecule has 1 heterocycles. The van der Waals surface area contributed by atoms with Crippen molar-refractivity contribution in [2.45, 2.75) is 26.3 Å². The number of hydrogen-bond acceptors (Lipinski definition) is 4. The summed E-state index contributed by atoms with van der Waals surface area (Å²) in [6, 6.07) is 11.7. The van der Waals surface area contributed by atoms with Gasteiger partial charge in [0, 0.05) is 54.5 Å². The van der Waals surface area contributed by atoms with E-state index in [1.54, 1.807) is 42.6 Å². The molecule has 10 heteroatoms. The predicted octanol–water partition coefficient (Wildman–Crippen LogP) is 4.16. The highest BCUT2D eigenvalue weighted by Gasteiger charge is 2.12. The molecule has 3 rings (SSSR count). The highest BCUT2D eigenvalue weighted by Crippen LogP contribution is 2.26. The Bertz CT molecular complexity index is 1090. The Morgan fingerprint density at radius 2 is 1.97 bits per heavy atom. The van der Waals surface area contributed by atoms with Gasteiger partial charge in [-0.3, -0.25) is 9.00 Å². The van der Waals surface area contributed by atoms with E-state index in [9.17, 15) is 13.6 Å². The lowest BCUT2D eigenvalue weighted by atomic mass is 10.1. The summed E-state index contributed by atoms with van der Waals surface area (Å²) in [5.41, 5.74) is 1.68. The van der Waals surface area contributed by atoms with Gasteiger partial charge in [0.1, 0.15) is 5.82 Å². The number of carbonyl (C=O) groups is 1. The largest absolute Gasteiger partial charge is 0.755 e. The zero-order chi connectivity index (χ0) is 23.1. The van der Waals surface area contributed by atoms with Crippen LogP contribution in [0.25, 0.3) is 0 Å². The van der Waals surface area contributed by atoms with Crippen LogP contribution in [0.4, 0.5) is 5.69 Å². The molecule has 1 unspecified atom stereocenters. The fraction of sp³-hybridized carbons (Fsp3) is 0.273. The van der Waals surface area contributed by atoms with Crippen molar-refractivity contribution < 1.29 is 13.6 Å². The second-order valence-corrected chi connectivity index (χ2v) is 8.77. The maximum atomic E-state index is 12.4. The van der Waals surface area contributed by atoms with E-state index in [4.69, 9.17) is 23.2 Å². The molecule has 0 bridgehead atoms. The SMILES string of the molecule is Cc1nccn1CCCNC(=O)c1ccc(N(CCc2cccc(Cl)c2Cl)S(=O)[O-])cc1. The van der Waals surface area contributed by atoms with Gasteiger partial charge in [-0.15, -0.1) is 0 Å². The van der Waals surface area contributed by atoms with Gasteiger partial charge in [0.05, 0.1) is 10.0 Å². The summed E-state index contributed by atoms with van der Waals surface area (Å²) in [4.78, 5) is 16.5. The number of benzene rings is 2. The number of aryl methyl sites for hydroxylation is 2. The monoisotopic (exact) mass is 493 g/mol.